The molecule has 1 atom stereocenters. The predicted octanol–water partition coefficient (Wildman–Crippen LogP) is 2.41. The molecule has 0 bridgehead atoms. The maximum absolute atomic E-state index is 12.7. The number of nitrogens with one attached hydrogen (secondary N) is 1. The minimum absolute atomic E-state index is 0.0257. The van der Waals surface area contributed by atoms with Crippen molar-refractivity contribution in [2.45, 2.75) is 45.7 Å². The highest BCUT2D eigenvalue weighted by Gasteiger charge is 2.37. The molecule has 158 valence electrons. The molecule has 29 heavy (non-hydrogen) atoms. The number of carbonyl (C=O) groups excluding carboxylic acids is 3. The number of carbonyl (C=O) groups is 3. The summed E-state index contributed by atoms with van der Waals surface area (Å²) in [6, 6.07) is 9.87. The van der Waals surface area contributed by atoms with Crippen LogP contribution in [0.5, 0.6) is 0 Å². The SMILES string of the molecule is CC(C)(CCl)C(=O)N1CCC(NC(=O)C2CC(=O)N(Cc3ccccc3)C2)CC1. The van der Waals surface area contributed by atoms with Crippen LogP contribution in [0.4, 0.5) is 0 Å². The molecule has 0 saturated carbocycles. The lowest BCUT2D eigenvalue weighted by atomic mass is 9.92. The molecule has 1 aromatic carbocycles. The van der Waals surface area contributed by atoms with Gasteiger partial charge in [-0.15, -0.1) is 11.6 Å². The minimum atomic E-state index is -0.565. The topological polar surface area (TPSA) is 69.7 Å². The Balaban J connectivity index is 1.47. The van der Waals surface area contributed by atoms with Crippen LogP contribution < -0.4 is 5.32 Å². The Morgan fingerprint density at radius 3 is 2.45 bits per heavy atom. The normalized spacial score (nSPS) is 20.8. The molecule has 2 fully saturated rings. The second-order valence-electron chi connectivity index (χ2n) is 8.75. The average molecular weight is 420 g/mol. The molecule has 6 nitrogen and oxygen atoms in total. The Bertz CT molecular complexity index is 745. The Hall–Kier alpha value is -2.08. The second kappa shape index (κ2) is 9.16. The Morgan fingerprint density at radius 2 is 1.83 bits per heavy atom. The van der Waals surface area contributed by atoms with Crippen LogP contribution in [0.15, 0.2) is 30.3 Å². The standard InChI is InChI=1S/C22H30ClN3O3/c1-22(2,15-23)21(29)25-10-8-18(9-11-25)24-20(28)17-12-19(27)26(14-17)13-16-6-4-3-5-7-16/h3-7,17-18H,8-15H2,1-2H3,(H,24,28). The summed E-state index contributed by atoms with van der Waals surface area (Å²) in [5.41, 5.74) is 0.503. The van der Waals surface area contributed by atoms with E-state index in [0.29, 0.717) is 26.2 Å². The molecule has 0 aromatic heterocycles. The van der Waals surface area contributed by atoms with E-state index in [-0.39, 0.29) is 42.0 Å². The van der Waals surface area contributed by atoms with Crippen molar-refractivity contribution in [2.24, 2.45) is 11.3 Å². The Kier molecular flexibility index (Phi) is 6.83. The van der Waals surface area contributed by atoms with Crippen molar-refractivity contribution >= 4 is 29.3 Å². The molecule has 0 radical (unpaired) electrons. The summed E-state index contributed by atoms with van der Waals surface area (Å²) in [6.07, 6.45) is 1.72. The molecule has 0 spiro atoms. The van der Waals surface area contributed by atoms with Crippen molar-refractivity contribution in [1.82, 2.24) is 15.1 Å². The van der Waals surface area contributed by atoms with Crippen molar-refractivity contribution < 1.29 is 14.4 Å². The van der Waals surface area contributed by atoms with Gasteiger partial charge in [0.1, 0.15) is 0 Å². The number of alkyl halides is 1. The third kappa shape index (κ3) is 5.30. The van der Waals surface area contributed by atoms with Crippen LogP contribution in [0.25, 0.3) is 0 Å². The van der Waals surface area contributed by atoms with Crippen LogP contribution >= 0.6 is 11.6 Å². The fraction of sp³-hybridized carbons (Fsp3) is 0.591. The van der Waals surface area contributed by atoms with Gasteiger partial charge in [0.25, 0.3) is 0 Å². The van der Waals surface area contributed by atoms with Crippen molar-refractivity contribution in [3.8, 4) is 0 Å². The van der Waals surface area contributed by atoms with Crippen LogP contribution in [0.3, 0.4) is 0 Å². The molecule has 3 amide bonds. The first kappa shape index (κ1) is 21.6. The number of hydrogen-bond acceptors (Lipinski definition) is 3. The largest absolute Gasteiger partial charge is 0.353 e. The zero-order chi connectivity index (χ0) is 21.0. The van der Waals surface area contributed by atoms with Crippen LogP contribution in [0, 0.1) is 11.3 Å². The van der Waals surface area contributed by atoms with E-state index < -0.39 is 5.41 Å². The molecule has 1 unspecified atom stereocenters. The number of hydrogen-bond donors (Lipinski definition) is 1. The highest BCUT2D eigenvalue weighted by atomic mass is 35.5. The molecular weight excluding hydrogens is 390 g/mol. The summed E-state index contributed by atoms with van der Waals surface area (Å²) in [5, 5.41) is 3.10. The van der Waals surface area contributed by atoms with Gasteiger partial charge < -0.3 is 15.1 Å². The molecule has 2 aliphatic rings. The number of rotatable bonds is 6. The van der Waals surface area contributed by atoms with Gasteiger partial charge in [0.15, 0.2) is 0 Å². The molecule has 7 heteroatoms. The first-order chi connectivity index (χ1) is 13.8. The molecule has 2 saturated heterocycles. The van der Waals surface area contributed by atoms with Crippen molar-refractivity contribution in [3.63, 3.8) is 0 Å². The maximum atomic E-state index is 12.7. The fourth-order valence-corrected chi connectivity index (χ4v) is 4.05. The van der Waals surface area contributed by atoms with E-state index in [0.717, 1.165) is 18.4 Å². The lowest BCUT2D eigenvalue weighted by Gasteiger charge is -2.36. The van der Waals surface area contributed by atoms with Crippen LogP contribution in [-0.4, -0.2) is 59.1 Å². The molecular formula is C22H30ClN3O3. The number of halogens is 1. The number of benzene rings is 1. The molecule has 1 aromatic rings. The summed E-state index contributed by atoms with van der Waals surface area (Å²) in [6.45, 7) is 5.95. The Labute approximate surface area is 177 Å². The number of piperidine rings is 1. The van der Waals surface area contributed by atoms with E-state index in [2.05, 4.69) is 5.32 Å². The second-order valence-corrected chi connectivity index (χ2v) is 9.02. The van der Waals surface area contributed by atoms with Gasteiger partial charge in [-0.2, -0.15) is 0 Å². The van der Waals surface area contributed by atoms with Gasteiger partial charge in [-0.25, -0.2) is 0 Å². The minimum Gasteiger partial charge on any atom is -0.353 e. The highest BCUT2D eigenvalue weighted by molar-refractivity contribution is 6.19. The van der Waals surface area contributed by atoms with Gasteiger partial charge in [-0.1, -0.05) is 30.3 Å². The molecule has 2 heterocycles. The van der Waals surface area contributed by atoms with E-state index in [1.54, 1.807) is 4.90 Å². The van der Waals surface area contributed by atoms with Gasteiger partial charge >= 0.3 is 0 Å². The lowest BCUT2D eigenvalue weighted by Crippen LogP contribution is -2.51. The maximum Gasteiger partial charge on any atom is 0.229 e. The zero-order valence-corrected chi connectivity index (χ0v) is 18.0. The molecule has 2 aliphatic heterocycles. The van der Waals surface area contributed by atoms with Crippen molar-refractivity contribution in [3.05, 3.63) is 35.9 Å². The Morgan fingerprint density at radius 1 is 1.17 bits per heavy atom. The van der Waals surface area contributed by atoms with Crippen molar-refractivity contribution in [1.29, 1.82) is 0 Å². The van der Waals surface area contributed by atoms with Gasteiger partial charge in [-0.3, -0.25) is 14.4 Å². The van der Waals surface area contributed by atoms with Gasteiger partial charge in [0.05, 0.1) is 11.3 Å². The predicted molar refractivity (Wildman–Crippen MR) is 112 cm³/mol. The van der Waals surface area contributed by atoms with E-state index in [9.17, 15) is 14.4 Å². The third-order valence-corrected chi connectivity index (χ3v) is 6.51. The smallest absolute Gasteiger partial charge is 0.229 e. The van der Waals surface area contributed by atoms with Gasteiger partial charge in [0, 0.05) is 44.5 Å². The summed E-state index contributed by atoms with van der Waals surface area (Å²) >= 11 is 5.92. The van der Waals surface area contributed by atoms with Gasteiger partial charge in [-0.05, 0) is 32.3 Å². The fourth-order valence-electron chi connectivity index (χ4n) is 3.94. The zero-order valence-electron chi connectivity index (χ0n) is 17.2. The monoisotopic (exact) mass is 419 g/mol. The van der Waals surface area contributed by atoms with E-state index in [4.69, 9.17) is 11.6 Å². The van der Waals surface area contributed by atoms with Crippen molar-refractivity contribution in [2.75, 3.05) is 25.5 Å². The highest BCUT2D eigenvalue weighted by Crippen LogP contribution is 2.24. The number of likely N-dealkylation sites (tertiary alicyclic amines) is 2. The summed E-state index contributed by atoms with van der Waals surface area (Å²) < 4.78 is 0. The molecule has 0 aliphatic carbocycles. The molecule has 1 N–H and O–H groups in total. The first-order valence-corrected chi connectivity index (χ1v) is 10.8. The summed E-state index contributed by atoms with van der Waals surface area (Å²) in [4.78, 5) is 41.1. The first-order valence-electron chi connectivity index (χ1n) is 10.3. The van der Waals surface area contributed by atoms with Crippen LogP contribution in [0.1, 0.15) is 38.7 Å². The van der Waals surface area contributed by atoms with E-state index >= 15 is 0 Å². The van der Waals surface area contributed by atoms with Crippen LogP contribution in [0.2, 0.25) is 0 Å². The van der Waals surface area contributed by atoms with Crippen LogP contribution in [-0.2, 0) is 20.9 Å². The summed E-state index contributed by atoms with van der Waals surface area (Å²) in [7, 11) is 0. The number of amides is 3. The number of nitrogens with zero attached hydrogens (tertiary/aromatic N) is 2. The average Bonchev–Trinajstić information content (AvgIpc) is 3.09. The quantitative estimate of drug-likeness (QED) is 0.720. The molecule has 3 rings (SSSR count). The van der Waals surface area contributed by atoms with E-state index in [1.165, 1.54) is 0 Å². The van der Waals surface area contributed by atoms with E-state index in [1.807, 2.05) is 49.1 Å². The van der Waals surface area contributed by atoms with Gasteiger partial charge in [0.2, 0.25) is 17.7 Å². The third-order valence-electron chi connectivity index (χ3n) is 5.84. The summed E-state index contributed by atoms with van der Waals surface area (Å²) in [5.74, 6) is 0.0197. The lowest BCUT2D eigenvalue weighted by molar-refractivity contribution is -0.140.